The van der Waals surface area contributed by atoms with Crippen LogP contribution in [0.25, 0.3) is 0 Å². The van der Waals surface area contributed by atoms with Crippen molar-refractivity contribution in [1.29, 1.82) is 0 Å². The summed E-state index contributed by atoms with van der Waals surface area (Å²) in [5.41, 5.74) is 4.83. The van der Waals surface area contributed by atoms with Gasteiger partial charge >= 0.3 is 0 Å². The molecule has 0 amide bonds. The largest absolute Gasteiger partial charge is 0.387 e. The Labute approximate surface area is 163 Å². The highest BCUT2D eigenvalue weighted by Gasteiger charge is 2.14. The maximum atomic E-state index is 13.0. The van der Waals surface area contributed by atoms with E-state index in [1.54, 1.807) is 12.1 Å². The lowest BCUT2D eigenvalue weighted by molar-refractivity contribution is 0.174. The SMILES string of the molecule is Cc1nn(Cc2ccccc2Cl)c(C)c1CNCC(O)c1ccc(F)cc1. The number of aliphatic hydroxyl groups excluding tert-OH is 1. The minimum atomic E-state index is -0.690. The van der Waals surface area contributed by atoms with Gasteiger partial charge in [0.2, 0.25) is 0 Å². The molecule has 2 aromatic carbocycles. The zero-order valence-corrected chi connectivity index (χ0v) is 16.2. The topological polar surface area (TPSA) is 50.1 Å². The molecule has 0 spiro atoms. The lowest BCUT2D eigenvalue weighted by Crippen LogP contribution is -2.21. The van der Waals surface area contributed by atoms with Gasteiger partial charge in [-0.25, -0.2) is 4.39 Å². The second-order valence-electron chi connectivity index (χ2n) is 6.60. The Balaban J connectivity index is 1.63. The normalized spacial score (nSPS) is 12.3. The van der Waals surface area contributed by atoms with Crippen molar-refractivity contribution >= 4 is 11.6 Å². The average molecular weight is 388 g/mol. The number of halogens is 2. The average Bonchev–Trinajstić information content (AvgIpc) is 2.91. The Morgan fingerprint density at radius 2 is 1.85 bits per heavy atom. The smallest absolute Gasteiger partial charge is 0.123 e. The van der Waals surface area contributed by atoms with Crippen molar-refractivity contribution in [3.05, 3.63) is 87.4 Å². The zero-order valence-electron chi connectivity index (χ0n) is 15.4. The number of benzene rings is 2. The van der Waals surface area contributed by atoms with E-state index in [0.717, 1.165) is 27.5 Å². The molecule has 6 heteroatoms. The molecule has 1 unspecified atom stereocenters. The Bertz CT molecular complexity index is 908. The Hall–Kier alpha value is -2.21. The molecule has 0 saturated heterocycles. The standard InChI is InChI=1S/C21H23ClFN3O/c1-14-19(11-24-12-21(27)16-7-9-18(23)10-8-16)15(2)26(25-14)13-17-5-3-4-6-20(17)22/h3-10,21,24,27H,11-13H2,1-2H3. The van der Waals surface area contributed by atoms with E-state index in [-0.39, 0.29) is 5.82 Å². The van der Waals surface area contributed by atoms with Crippen LogP contribution in [0.15, 0.2) is 48.5 Å². The lowest BCUT2D eigenvalue weighted by atomic mass is 10.1. The van der Waals surface area contributed by atoms with Crippen LogP contribution in [0.4, 0.5) is 4.39 Å². The maximum absolute atomic E-state index is 13.0. The summed E-state index contributed by atoms with van der Waals surface area (Å²) in [6.45, 7) is 5.59. The number of rotatable bonds is 7. The fourth-order valence-electron chi connectivity index (χ4n) is 3.07. The van der Waals surface area contributed by atoms with Crippen molar-refractivity contribution in [3.63, 3.8) is 0 Å². The summed E-state index contributed by atoms with van der Waals surface area (Å²) in [4.78, 5) is 0. The van der Waals surface area contributed by atoms with Crippen LogP contribution in [-0.2, 0) is 13.1 Å². The van der Waals surface area contributed by atoms with E-state index in [1.165, 1.54) is 12.1 Å². The molecule has 0 radical (unpaired) electrons. The van der Waals surface area contributed by atoms with E-state index in [2.05, 4.69) is 10.4 Å². The Morgan fingerprint density at radius 3 is 2.56 bits per heavy atom. The van der Waals surface area contributed by atoms with Crippen molar-refractivity contribution in [2.24, 2.45) is 0 Å². The van der Waals surface area contributed by atoms with Crippen molar-refractivity contribution in [3.8, 4) is 0 Å². The van der Waals surface area contributed by atoms with Gasteiger partial charge in [0.05, 0.1) is 18.3 Å². The highest BCUT2D eigenvalue weighted by Crippen LogP contribution is 2.20. The van der Waals surface area contributed by atoms with Crippen LogP contribution in [0, 0.1) is 19.7 Å². The number of hydrogen-bond donors (Lipinski definition) is 2. The molecule has 0 aliphatic rings. The molecule has 3 aromatic rings. The molecule has 1 aromatic heterocycles. The Kier molecular flexibility index (Phi) is 6.26. The summed E-state index contributed by atoms with van der Waals surface area (Å²) >= 11 is 6.25. The fourth-order valence-corrected chi connectivity index (χ4v) is 3.26. The first-order chi connectivity index (χ1) is 13.0. The van der Waals surface area contributed by atoms with E-state index < -0.39 is 6.10 Å². The fraction of sp³-hybridized carbons (Fsp3) is 0.286. The first kappa shape index (κ1) is 19.5. The van der Waals surface area contributed by atoms with E-state index >= 15 is 0 Å². The molecule has 0 saturated carbocycles. The number of aliphatic hydroxyl groups is 1. The van der Waals surface area contributed by atoms with E-state index in [0.29, 0.717) is 25.2 Å². The zero-order chi connectivity index (χ0) is 19.4. The molecular formula is C21H23ClFN3O. The van der Waals surface area contributed by atoms with Gasteiger partial charge in [0.25, 0.3) is 0 Å². The molecule has 27 heavy (non-hydrogen) atoms. The van der Waals surface area contributed by atoms with Gasteiger partial charge in [0.1, 0.15) is 5.82 Å². The summed E-state index contributed by atoms with van der Waals surface area (Å²) in [5, 5.41) is 18.9. The number of aryl methyl sites for hydroxylation is 1. The van der Waals surface area contributed by atoms with Crippen LogP contribution in [0.1, 0.15) is 34.2 Å². The minimum absolute atomic E-state index is 0.309. The highest BCUT2D eigenvalue weighted by molar-refractivity contribution is 6.31. The van der Waals surface area contributed by atoms with Crippen molar-refractivity contribution in [2.45, 2.75) is 33.0 Å². The summed E-state index contributed by atoms with van der Waals surface area (Å²) in [5.74, 6) is -0.309. The van der Waals surface area contributed by atoms with Crippen molar-refractivity contribution in [2.75, 3.05) is 6.54 Å². The summed E-state index contributed by atoms with van der Waals surface area (Å²) in [6, 6.07) is 13.6. The molecule has 1 atom stereocenters. The summed E-state index contributed by atoms with van der Waals surface area (Å²) < 4.78 is 14.9. The quantitative estimate of drug-likeness (QED) is 0.640. The third-order valence-corrected chi connectivity index (χ3v) is 5.07. The van der Waals surface area contributed by atoms with Crippen molar-refractivity contribution in [1.82, 2.24) is 15.1 Å². The monoisotopic (exact) mass is 387 g/mol. The molecule has 0 aliphatic heterocycles. The number of aromatic nitrogens is 2. The predicted octanol–water partition coefficient (Wildman–Crippen LogP) is 4.16. The van der Waals surface area contributed by atoms with Crippen LogP contribution in [0.3, 0.4) is 0 Å². The molecular weight excluding hydrogens is 365 g/mol. The lowest BCUT2D eigenvalue weighted by Gasteiger charge is -2.13. The van der Waals surface area contributed by atoms with E-state index in [4.69, 9.17) is 11.6 Å². The van der Waals surface area contributed by atoms with Crippen LogP contribution in [0.5, 0.6) is 0 Å². The molecule has 1 heterocycles. The third-order valence-electron chi connectivity index (χ3n) is 4.70. The van der Waals surface area contributed by atoms with Crippen LogP contribution < -0.4 is 5.32 Å². The molecule has 142 valence electrons. The highest BCUT2D eigenvalue weighted by atomic mass is 35.5. The van der Waals surface area contributed by atoms with Crippen molar-refractivity contribution < 1.29 is 9.50 Å². The second-order valence-corrected chi connectivity index (χ2v) is 7.00. The number of nitrogens with zero attached hydrogens (tertiary/aromatic N) is 2. The third kappa shape index (κ3) is 4.75. The van der Waals surface area contributed by atoms with Gasteiger partial charge in [-0.2, -0.15) is 5.10 Å². The number of hydrogen-bond acceptors (Lipinski definition) is 3. The molecule has 0 bridgehead atoms. The van der Waals surface area contributed by atoms with Crippen LogP contribution in [-0.4, -0.2) is 21.4 Å². The molecule has 0 aliphatic carbocycles. The summed E-state index contributed by atoms with van der Waals surface area (Å²) in [6.07, 6.45) is -0.690. The van der Waals surface area contributed by atoms with Gasteiger partial charge in [-0.3, -0.25) is 4.68 Å². The van der Waals surface area contributed by atoms with Gasteiger partial charge in [-0.05, 0) is 43.2 Å². The van der Waals surface area contributed by atoms with Gasteiger partial charge in [-0.15, -0.1) is 0 Å². The van der Waals surface area contributed by atoms with Crippen LogP contribution in [0.2, 0.25) is 5.02 Å². The molecule has 3 rings (SSSR count). The number of nitrogens with one attached hydrogen (secondary N) is 1. The van der Waals surface area contributed by atoms with Gasteiger partial charge in [0, 0.05) is 29.4 Å². The minimum Gasteiger partial charge on any atom is -0.387 e. The predicted molar refractivity (Wildman–Crippen MR) is 105 cm³/mol. The Morgan fingerprint density at radius 1 is 1.15 bits per heavy atom. The van der Waals surface area contributed by atoms with Gasteiger partial charge < -0.3 is 10.4 Å². The van der Waals surface area contributed by atoms with Gasteiger partial charge in [0.15, 0.2) is 0 Å². The molecule has 2 N–H and O–H groups in total. The van der Waals surface area contributed by atoms with Gasteiger partial charge in [-0.1, -0.05) is 41.9 Å². The summed E-state index contributed by atoms with van der Waals surface area (Å²) in [7, 11) is 0. The second kappa shape index (κ2) is 8.65. The first-order valence-electron chi connectivity index (χ1n) is 8.86. The van der Waals surface area contributed by atoms with E-state index in [1.807, 2.05) is 42.8 Å². The van der Waals surface area contributed by atoms with E-state index in [9.17, 15) is 9.50 Å². The van der Waals surface area contributed by atoms with Crippen LogP contribution >= 0.6 is 11.6 Å². The molecule has 4 nitrogen and oxygen atoms in total. The maximum Gasteiger partial charge on any atom is 0.123 e. The first-order valence-corrected chi connectivity index (χ1v) is 9.24. The molecule has 0 fully saturated rings.